The Balaban J connectivity index is 1.63. The number of carbonyl (C=O) groups is 2. The number of nitrogens with zero attached hydrogens (tertiary/aromatic N) is 2. The second-order valence-electron chi connectivity index (χ2n) is 8.57. The minimum atomic E-state index is -0.975. The predicted octanol–water partition coefficient (Wildman–Crippen LogP) is 3.33. The molecule has 0 spiro atoms. The third kappa shape index (κ3) is 3.50. The maximum absolute atomic E-state index is 11.8. The summed E-state index contributed by atoms with van der Waals surface area (Å²) < 4.78 is 0. The molecule has 0 saturated heterocycles. The maximum atomic E-state index is 11.8. The number of H-pyrrole nitrogens is 1. The molecule has 156 valence electrons. The largest absolute Gasteiger partial charge is 0.465 e. The van der Waals surface area contributed by atoms with Crippen molar-refractivity contribution in [1.29, 1.82) is 0 Å². The Kier molecular flexibility index (Phi) is 4.74. The molecule has 1 aliphatic heterocycles. The van der Waals surface area contributed by atoms with Gasteiger partial charge in [-0.2, -0.15) is 0 Å². The van der Waals surface area contributed by atoms with E-state index in [-0.39, 0.29) is 6.04 Å². The Hall–Kier alpha value is -3.39. The standard InChI is InChI=1S/C22H25N5O3/c1-22(2,3)27(21(29)30)14-8-7-12-10-17(24-11-13(12)9-14)20-25-16-6-4-5-15(19(23)28)18(16)26-20/h4-9,17,24H,10-11H2,1-3H3,(H2,23,28)(H,25,26)(H,29,30). The van der Waals surface area contributed by atoms with Crippen molar-refractivity contribution in [2.24, 2.45) is 5.73 Å². The van der Waals surface area contributed by atoms with E-state index in [2.05, 4.69) is 15.3 Å². The van der Waals surface area contributed by atoms with Crippen molar-refractivity contribution in [3.8, 4) is 0 Å². The molecule has 3 aromatic rings. The van der Waals surface area contributed by atoms with Crippen LogP contribution in [0.1, 0.15) is 54.1 Å². The number of amides is 2. The molecule has 2 heterocycles. The summed E-state index contributed by atoms with van der Waals surface area (Å²) in [6.07, 6.45) is -0.277. The van der Waals surface area contributed by atoms with Crippen LogP contribution < -0.4 is 16.0 Å². The van der Waals surface area contributed by atoms with Gasteiger partial charge in [-0.3, -0.25) is 9.69 Å². The highest BCUT2D eigenvalue weighted by molar-refractivity contribution is 6.04. The molecule has 0 saturated carbocycles. The monoisotopic (exact) mass is 407 g/mol. The Labute approximate surface area is 174 Å². The van der Waals surface area contributed by atoms with E-state index in [4.69, 9.17) is 5.73 Å². The molecule has 0 bridgehead atoms. The zero-order valence-corrected chi connectivity index (χ0v) is 17.2. The second kappa shape index (κ2) is 7.14. The number of hydrogen-bond donors (Lipinski definition) is 4. The number of fused-ring (bicyclic) bond motifs is 2. The van der Waals surface area contributed by atoms with Crippen molar-refractivity contribution in [2.75, 3.05) is 4.90 Å². The molecule has 2 amide bonds. The summed E-state index contributed by atoms with van der Waals surface area (Å²) in [7, 11) is 0. The van der Waals surface area contributed by atoms with E-state index in [1.807, 2.05) is 45.0 Å². The molecule has 1 aromatic heterocycles. The molecule has 4 rings (SSSR count). The maximum Gasteiger partial charge on any atom is 0.412 e. The average Bonchev–Trinajstić information content (AvgIpc) is 3.10. The van der Waals surface area contributed by atoms with Gasteiger partial charge in [0.2, 0.25) is 0 Å². The highest BCUT2D eigenvalue weighted by atomic mass is 16.4. The fourth-order valence-electron chi connectivity index (χ4n) is 4.03. The van der Waals surface area contributed by atoms with Crippen LogP contribution in [-0.4, -0.2) is 32.6 Å². The van der Waals surface area contributed by atoms with Crippen LogP contribution in [0.3, 0.4) is 0 Å². The quantitative estimate of drug-likeness (QED) is 0.530. The van der Waals surface area contributed by atoms with Crippen molar-refractivity contribution in [3.05, 3.63) is 58.9 Å². The number of para-hydroxylation sites is 1. The number of primary amides is 1. The second-order valence-corrected chi connectivity index (χ2v) is 8.57. The lowest BCUT2D eigenvalue weighted by atomic mass is 9.94. The van der Waals surface area contributed by atoms with Gasteiger partial charge in [-0.1, -0.05) is 12.1 Å². The summed E-state index contributed by atoms with van der Waals surface area (Å²) >= 11 is 0. The number of imidazole rings is 1. The summed E-state index contributed by atoms with van der Waals surface area (Å²) in [4.78, 5) is 32.7. The van der Waals surface area contributed by atoms with Crippen LogP contribution in [0.2, 0.25) is 0 Å². The molecular weight excluding hydrogens is 382 g/mol. The number of aromatic nitrogens is 2. The molecule has 0 aliphatic carbocycles. The topological polar surface area (TPSA) is 124 Å². The molecule has 0 radical (unpaired) electrons. The van der Waals surface area contributed by atoms with Gasteiger partial charge in [-0.05, 0) is 62.6 Å². The molecule has 2 aromatic carbocycles. The van der Waals surface area contributed by atoms with Gasteiger partial charge in [0.1, 0.15) is 11.3 Å². The lowest BCUT2D eigenvalue weighted by Crippen LogP contribution is -2.45. The van der Waals surface area contributed by atoms with Crippen molar-refractivity contribution in [3.63, 3.8) is 0 Å². The third-order valence-corrected chi connectivity index (χ3v) is 5.40. The summed E-state index contributed by atoms with van der Waals surface area (Å²) in [6, 6.07) is 11.0. The molecule has 5 N–H and O–H groups in total. The lowest BCUT2D eigenvalue weighted by molar-refractivity contribution is 0.100. The molecule has 1 unspecified atom stereocenters. The van der Waals surface area contributed by atoms with Crippen molar-refractivity contribution >= 4 is 28.7 Å². The number of carbonyl (C=O) groups excluding carboxylic acids is 1. The number of nitrogens with one attached hydrogen (secondary N) is 2. The Morgan fingerprint density at radius 3 is 2.63 bits per heavy atom. The van der Waals surface area contributed by atoms with Gasteiger partial charge in [0.15, 0.2) is 0 Å². The van der Waals surface area contributed by atoms with Crippen LogP contribution in [0.4, 0.5) is 10.5 Å². The zero-order valence-electron chi connectivity index (χ0n) is 17.2. The van der Waals surface area contributed by atoms with Crippen LogP contribution in [0, 0.1) is 0 Å². The number of rotatable bonds is 3. The van der Waals surface area contributed by atoms with Gasteiger partial charge in [-0.25, -0.2) is 9.78 Å². The summed E-state index contributed by atoms with van der Waals surface area (Å²) in [5.41, 5.74) is 9.52. The molecule has 1 atom stereocenters. The van der Waals surface area contributed by atoms with Gasteiger partial charge in [0.05, 0.1) is 17.1 Å². The lowest BCUT2D eigenvalue weighted by Gasteiger charge is -2.34. The third-order valence-electron chi connectivity index (χ3n) is 5.40. The minimum absolute atomic E-state index is 0.0466. The van der Waals surface area contributed by atoms with E-state index in [1.54, 1.807) is 12.1 Å². The number of nitrogens with two attached hydrogens (primary N) is 1. The van der Waals surface area contributed by atoms with Crippen LogP contribution in [0.15, 0.2) is 36.4 Å². The SMILES string of the molecule is CC(C)(C)N(C(=O)O)c1ccc2c(c1)CNC(c1nc3c(C(N)=O)cccc3[nH]1)C2. The summed E-state index contributed by atoms with van der Waals surface area (Å²) in [5, 5.41) is 13.1. The van der Waals surface area contributed by atoms with Gasteiger partial charge < -0.3 is 21.1 Å². The number of hydrogen-bond acceptors (Lipinski definition) is 4. The first-order valence-electron chi connectivity index (χ1n) is 9.82. The number of benzene rings is 2. The first-order valence-corrected chi connectivity index (χ1v) is 9.82. The van der Waals surface area contributed by atoms with Gasteiger partial charge in [0, 0.05) is 17.8 Å². The molecule has 30 heavy (non-hydrogen) atoms. The fourth-order valence-corrected chi connectivity index (χ4v) is 4.03. The Morgan fingerprint density at radius 2 is 1.97 bits per heavy atom. The average molecular weight is 407 g/mol. The number of aromatic amines is 1. The van der Waals surface area contributed by atoms with E-state index in [9.17, 15) is 14.7 Å². The number of anilines is 1. The van der Waals surface area contributed by atoms with Crippen molar-refractivity contribution in [1.82, 2.24) is 15.3 Å². The molecule has 8 heteroatoms. The van der Waals surface area contributed by atoms with Crippen molar-refractivity contribution in [2.45, 2.75) is 45.3 Å². The molecule has 0 fully saturated rings. The van der Waals surface area contributed by atoms with E-state index in [0.29, 0.717) is 29.7 Å². The first-order chi connectivity index (χ1) is 14.1. The highest BCUT2D eigenvalue weighted by Crippen LogP contribution is 2.31. The Bertz CT molecular complexity index is 1150. The normalized spacial score (nSPS) is 16.3. The van der Waals surface area contributed by atoms with Gasteiger partial charge >= 0.3 is 6.09 Å². The molecular formula is C22H25N5O3. The van der Waals surface area contributed by atoms with Gasteiger partial charge in [0.25, 0.3) is 5.91 Å². The van der Waals surface area contributed by atoms with Gasteiger partial charge in [-0.15, -0.1) is 0 Å². The van der Waals surface area contributed by atoms with Crippen LogP contribution in [0.25, 0.3) is 11.0 Å². The Morgan fingerprint density at radius 1 is 1.20 bits per heavy atom. The summed E-state index contributed by atoms with van der Waals surface area (Å²) in [5.74, 6) is 0.241. The van der Waals surface area contributed by atoms with Crippen LogP contribution in [-0.2, 0) is 13.0 Å². The first kappa shape index (κ1) is 19.9. The number of carboxylic acid groups (broad SMARTS) is 1. The highest BCUT2D eigenvalue weighted by Gasteiger charge is 2.29. The molecule has 1 aliphatic rings. The summed E-state index contributed by atoms with van der Waals surface area (Å²) in [6.45, 7) is 6.20. The predicted molar refractivity (Wildman–Crippen MR) is 115 cm³/mol. The molecule has 8 nitrogen and oxygen atoms in total. The van der Waals surface area contributed by atoms with E-state index >= 15 is 0 Å². The minimum Gasteiger partial charge on any atom is -0.465 e. The van der Waals surface area contributed by atoms with Crippen LogP contribution in [0.5, 0.6) is 0 Å². The van der Waals surface area contributed by atoms with Crippen LogP contribution >= 0.6 is 0 Å². The smallest absolute Gasteiger partial charge is 0.412 e. The zero-order chi connectivity index (χ0) is 21.6. The van der Waals surface area contributed by atoms with Crippen molar-refractivity contribution < 1.29 is 14.7 Å². The van der Waals surface area contributed by atoms with E-state index < -0.39 is 17.5 Å². The fraction of sp³-hybridized carbons (Fsp3) is 0.318. The van der Waals surface area contributed by atoms with E-state index in [1.165, 1.54) is 4.90 Å². The van der Waals surface area contributed by atoms with E-state index in [0.717, 1.165) is 22.5 Å².